The first kappa shape index (κ1) is 12.0. The van der Waals surface area contributed by atoms with Crippen LogP contribution in [0.25, 0.3) is 0 Å². The third-order valence-corrected chi connectivity index (χ3v) is 2.90. The summed E-state index contributed by atoms with van der Waals surface area (Å²) in [5, 5.41) is 9.22. The van der Waals surface area contributed by atoms with Gasteiger partial charge >= 0.3 is 5.69 Å². The summed E-state index contributed by atoms with van der Waals surface area (Å²) in [5.41, 5.74) is 4.93. The van der Waals surface area contributed by atoms with E-state index in [4.69, 9.17) is 15.2 Å². The maximum absolute atomic E-state index is 11.6. The van der Waals surface area contributed by atoms with Crippen LogP contribution in [0.1, 0.15) is 19.1 Å². The fraction of sp³-hybridized carbons (Fsp3) is 0.600. The van der Waals surface area contributed by atoms with Crippen LogP contribution in [0.4, 0.5) is 5.82 Å². The Balaban J connectivity index is 2.23. The first-order chi connectivity index (χ1) is 8.10. The van der Waals surface area contributed by atoms with Gasteiger partial charge in [-0.25, -0.2) is 4.79 Å². The Morgan fingerprint density at radius 3 is 3.12 bits per heavy atom. The molecule has 0 aliphatic carbocycles. The number of nitrogens with two attached hydrogens (primary N) is 1. The van der Waals surface area contributed by atoms with E-state index in [1.54, 1.807) is 0 Å². The molecule has 0 amide bonds. The lowest BCUT2D eigenvalue weighted by atomic mass is 10.2. The molecule has 1 aliphatic rings. The predicted molar refractivity (Wildman–Crippen MR) is 59.1 cm³/mol. The first-order valence-electron chi connectivity index (χ1n) is 5.29. The predicted octanol–water partition coefficient (Wildman–Crippen LogP) is -0.531. The maximum atomic E-state index is 11.6. The van der Waals surface area contributed by atoms with Gasteiger partial charge in [0.05, 0.1) is 6.61 Å². The van der Waals surface area contributed by atoms with E-state index in [1.165, 1.54) is 23.9 Å². The topological polar surface area (TPSA) is 99.6 Å². The number of aliphatic hydroxyl groups excluding tert-OH is 1. The Labute approximate surface area is 97.8 Å². The number of rotatable bonds is 3. The molecule has 1 aliphatic heterocycles. The molecule has 2 heterocycles. The molecule has 1 aromatic heterocycles. The Morgan fingerprint density at radius 2 is 2.59 bits per heavy atom. The molecule has 0 aromatic carbocycles. The van der Waals surface area contributed by atoms with E-state index < -0.39 is 17.7 Å². The molecule has 94 valence electrons. The van der Waals surface area contributed by atoms with Gasteiger partial charge in [-0.1, -0.05) is 0 Å². The van der Waals surface area contributed by atoms with Crippen LogP contribution in [0.15, 0.2) is 17.1 Å². The monoisotopic (exact) mass is 241 g/mol. The molecule has 2 rings (SSSR count). The van der Waals surface area contributed by atoms with Crippen molar-refractivity contribution in [1.82, 2.24) is 9.55 Å². The van der Waals surface area contributed by atoms with Gasteiger partial charge in [0.25, 0.3) is 0 Å². The van der Waals surface area contributed by atoms with Crippen LogP contribution in [0, 0.1) is 0 Å². The van der Waals surface area contributed by atoms with Crippen molar-refractivity contribution in [3.05, 3.63) is 22.7 Å². The van der Waals surface area contributed by atoms with Gasteiger partial charge in [0.1, 0.15) is 12.0 Å². The molecule has 0 radical (unpaired) electrons. The number of aromatic nitrogens is 2. The molecule has 17 heavy (non-hydrogen) atoms. The van der Waals surface area contributed by atoms with E-state index in [9.17, 15) is 9.90 Å². The molecule has 3 N–H and O–H groups in total. The summed E-state index contributed by atoms with van der Waals surface area (Å²) in [4.78, 5) is 15.2. The molecule has 7 nitrogen and oxygen atoms in total. The lowest BCUT2D eigenvalue weighted by Crippen LogP contribution is -2.36. The standard InChI is InChI=1S/C10H15N3O4/c1-16-10(6-14)4-2-8(17-10)13-5-3-7(11)12-9(13)15/h3,5,8,14H,2,4,6H2,1H3,(H2,11,12,15)/t8-,10-/m1/s1. The summed E-state index contributed by atoms with van der Waals surface area (Å²) in [6.45, 7) is -0.253. The van der Waals surface area contributed by atoms with Crippen LogP contribution >= 0.6 is 0 Å². The highest BCUT2D eigenvalue weighted by Crippen LogP contribution is 2.35. The number of hydrogen-bond acceptors (Lipinski definition) is 6. The number of ether oxygens (including phenoxy) is 2. The van der Waals surface area contributed by atoms with E-state index in [0.717, 1.165) is 0 Å². The van der Waals surface area contributed by atoms with Gasteiger partial charge in [-0.3, -0.25) is 4.57 Å². The van der Waals surface area contributed by atoms with Crippen LogP contribution in [0.5, 0.6) is 0 Å². The number of aliphatic hydroxyl groups is 1. The van der Waals surface area contributed by atoms with Crippen LogP contribution in [0.2, 0.25) is 0 Å². The van der Waals surface area contributed by atoms with Gasteiger partial charge in [0, 0.05) is 19.7 Å². The Morgan fingerprint density at radius 1 is 1.82 bits per heavy atom. The summed E-state index contributed by atoms with van der Waals surface area (Å²) < 4.78 is 12.0. The molecule has 0 spiro atoms. The third kappa shape index (κ3) is 2.17. The average molecular weight is 241 g/mol. The second kappa shape index (κ2) is 4.44. The van der Waals surface area contributed by atoms with E-state index in [0.29, 0.717) is 12.8 Å². The van der Waals surface area contributed by atoms with Crippen molar-refractivity contribution in [3.8, 4) is 0 Å². The van der Waals surface area contributed by atoms with Gasteiger partial charge in [-0.05, 0) is 12.5 Å². The molecule has 1 saturated heterocycles. The second-order valence-corrected chi connectivity index (χ2v) is 3.93. The van der Waals surface area contributed by atoms with Crippen molar-refractivity contribution in [2.75, 3.05) is 19.5 Å². The molecular formula is C10H15N3O4. The van der Waals surface area contributed by atoms with Crippen molar-refractivity contribution in [3.63, 3.8) is 0 Å². The SMILES string of the molecule is CO[C@]1(CO)CC[C@H](n2ccc(N)nc2=O)O1. The minimum atomic E-state index is -1.02. The number of nitrogen functional groups attached to an aromatic ring is 1. The van der Waals surface area contributed by atoms with E-state index >= 15 is 0 Å². The smallest absolute Gasteiger partial charge is 0.351 e. The largest absolute Gasteiger partial charge is 0.391 e. The number of hydrogen-bond donors (Lipinski definition) is 2. The number of anilines is 1. The molecule has 2 atom stereocenters. The van der Waals surface area contributed by atoms with Gasteiger partial charge in [0.2, 0.25) is 0 Å². The summed E-state index contributed by atoms with van der Waals surface area (Å²) in [5.74, 6) is -0.852. The molecule has 0 saturated carbocycles. The van der Waals surface area contributed by atoms with Crippen LogP contribution in [0.3, 0.4) is 0 Å². The van der Waals surface area contributed by atoms with Gasteiger partial charge in [-0.2, -0.15) is 4.98 Å². The highest BCUT2D eigenvalue weighted by molar-refractivity contribution is 5.23. The van der Waals surface area contributed by atoms with Crippen molar-refractivity contribution in [2.24, 2.45) is 0 Å². The van der Waals surface area contributed by atoms with Crippen LogP contribution < -0.4 is 11.4 Å². The highest BCUT2D eigenvalue weighted by atomic mass is 16.7. The summed E-state index contributed by atoms with van der Waals surface area (Å²) in [6, 6.07) is 1.52. The Kier molecular flexibility index (Phi) is 3.14. The zero-order valence-corrected chi connectivity index (χ0v) is 9.50. The molecule has 7 heteroatoms. The molecule has 0 unspecified atom stereocenters. The number of methoxy groups -OCH3 is 1. The molecule has 0 bridgehead atoms. The zero-order chi connectivity index (χ0) is 12.5. The lowest BCUT2D eigenvalue weighted by molar-refractivity contribution is -0.242. The third-order valence-electron chi connectivity index (χ3n) is 2.90. The second-order valence-electron chi connectivity index (χ2n) is 3.93. The molecule has 1 aromatic rings. The van der Waals surface area contributed by atoms with E-state index in [1.807, 2.05) is 0 Å². The maximum Gasteiger partial charge on any atom is 0.351 e. The van der Waals surface area contributed by atoms with Crippen molar-refractivity contribution >= 4 is 5.82 Å². The highest BCUT2D eigenvalue weighted by Gasteiger charge is 2.41. The van der Waals surface area contributed by atoms with Gasteiger partial charge in [0.15, 0.2) is 5.79 Å². The van der Waals surface area contributed by atoms with Gasteiger partial charge in [-0.15, -0.1) is 0 Å². The first-order valence-corrected chi connectivity index (χ1v) is 5.29. The van der Waals surface area contributed by atoms with E-state index in [2.05, 4.69) is 4.98 Å². The van der Waals surface area contributed by atoms with E-state index in [-0.39, 0.29) is 12.4 Å². The minimum Gasteiger partial charge on any atom is -0.391 e. The molecular weight excluding hydrogens is 226 g/mol. The zero-order valence-electron chi connectivity index (χ0n) is 9.50. The van der Waals surface area contributed by atoms with Crippen LogP contribution in [-0.4, -0.2) is 34.2 Å². The average Bonchev–Trinajstić information content (AvgIpc) is 2.74. The molecule has 1 fully saturated rings. The lowest BCUT2D eigenvalue weighted by Gasteiger charge is -2.25. The van der Waals surface area contributed by atoms with Crippen molar-refractivity contribution < 1.29 is 14.6 Å². The fourth-order valence-corrected chi connectivity index (χ4v) is 1.88. The van der Waals surface area contributed by atoms with Gasteiger partial charge < -0.3 is 20.3 Å². The normalized spacial score (nSPS) is 28.5. The summed E-state index contributed by atoms with van der Waals surface area (Å²) in [7, 11) is 1.46. The van der Waals surface area contributed by atoms with Crippen molar-refractivity contribution in [2.45, 2.75) is 24.9 Å². The minimum absolute atomic E-state index is 0.171. The summed E-state index contributed by atoms with van der Waals surface area (Å²) >= 11 is 0. The summed E-state index contributed by atoms with van der Waals surface area (Å²) in [6.07, 6.45) is 2.13. The number of nitrogens with zero attached hydrogens (tertiary/aromatic N) is 2. The van der Waals surface area contributed by atoms with Crippen molar-refractivity contribution in [1.29, 1.82) is 0 Å². The quantitative estimate of drug-likeness (QED) is 0.738. The Hall–Kier alpha value is -1.44. The van der Waals surface area contributed by atoms with Crippen LogP contribution in [-0.2, 0) is 9.47 Å². The Bertz CT molecular complexity index is 455. The fourth-order valence-electron chi connectivity index (χ4n) is 1.88.